The normalized spacial score (nSPS) is 50.2. The van der Waals surface area contributed by atoms with E-state index in [0.717, 1.165) is 6.42 Å². The third-order valence-electron chi connectivity index (χ3n) is 7.24. The summed E-state index contributed by atoms with van der Waals surface area (Å²) >= 11 is 0. The summed E-state index contributed by atoms with van der Waals surface area (Å²) in [6.07, 6.45) is -4.22. The van der Waals surface area contributed by atoms with Crippen LogP contribution in [0.1, 0.15) is 33.1 Å². The molecule has 0 spiro atoms. The number of hydrogen-bond acceptors (Lipinski definition) is 12. The van der Waals surface area contributed by atoms with E-state index in [0.29, 0.717) is 12.8 Å². The van der Waals surface area contributed by atoms with Crippen molar-refractivity contribution >= 4 is 0 Å². The fourth-order valence-corrected chi connectivity index (χ4v) is 5.04. The molecule has 12 nitrogen and oxygen atoms in total. The minimum absolute atomic E-state index is 0.0620. The van der Waals surface area contributed by atoms with Gasteiger partial charge in [0.25, 0.3) is 0 Å². The maximum absolute atomic E-state index is 11.1. The fourth-order valence-electron chi connectivity index (χ4n) is 5.04. The van der Waals surface area contributed by atoms with Gasteiger partial charge in [-0.05, 0) is 47.2 Å². The molecular formula is C21H43N5O7. The minimum atomic E-state index is -1.29. The minimum Gasteiger partial charge on any atom is -0.388 e. The van der Waals surface area contributed by atoms with Crippen molar-refractivity contribution in [2.24, 2.45) is 17.2 Å². The fraction of sp³-hybridized carbons (Fsp3) is 1.00. The van der Waals surface area contributed by atoms with E-state index in [1.54, 1.807) is 14.0 Å². The lowest BCUT2D eigenvalue weighted by Gasteiger charge is -2.48. The van der Waals surface area contributed by atoms with E-state index in [1.807, 2.05) is 14.0 Å². The molecule has 0 radical (unpaired) electrons. The summed E-state index contributed by atoms with van der Waals surface area (Å²) in [5.41, 5.74) is 17.5. The summed E-state index contributed by atoms with van der Waals surface area (Å²) in [6.45, 7) is 3.52. The Bertz CT molecular complexity index is 632. The van der Waals surface area contributed by atoms with Crippen molar-refractivity contribution < 1.29 is 34.3 Å². The Balaban J connectivity index is 1.68. The third-order valence-corrected chi connectivity index (χ3v) is 7.24. The molecule has 0 aromatic carbocycles. The zero-order valence-electron chi connectivity index (χ0n) is 20.0. The molecule has 0 unspecified atom stereocenters. The zero-order valence-corrected chi connectivity index (χ0v) is 20.0. The highest BCUT2D eigenvalue weighted by Crippen LogP contribution is 2.31. The molecular weight excluding hydrogens is 434 g/mol. The molecule has 11 N–H and O–H groups in total. The molecule has 0 aromatic heterocycles. The molecule has 3 rings (SSSR count). The van der Waals surface area contributed by atoms with Gasteiger partial charge in [-0.15, -0.1) is 0 Å². The topological polar surface area (TPSA) is 200 Å². The smallest absolute Gasteiger partial charge is 0.185 e. The summed E-state index contributed by atoms with van der Waals surface area (Å²) in [5, 5.41) is 38.3. The van der Waals surface area contributed by atoms with Gasteiger partial charge in [0, 0.05) is 18.1 Å². The van der Waals surface area contributed by atoms with Crippen molar-refractivity contribution in [1.82, 2.24) is 10.6 Å². The largest absolute Gasteiger partial charge is 0.388 e. The first-order valence-corrected chi connectivity index (χ1v) is 11.8. The van der Waals surface area contributed by atoms with E-state index in [1.165, 1.54) is 0 Å². The Labute approximate surface area is 195 Å². The average molecular weight is 478 g/mol. The van der Waals surface area contributed by atoms with Crippen molar-refractivity contribution in [2.45, 2.75) is 112 Å². The number of nitrogens with one attached hydrogen (secondary N) is 2. The van der Waals surface area contributed by atoms with Gasteiger partial charge in [-0.25, -0.2) is 0 Å². The molecule has 3 fully saturated rings. The monoisotopic (exact) mass is 477 g/mol. The van der Waals surface area contributed by atoms with Crippen LogP contribution in [-0.2, 0) is 18.9 Å². The van der Waals surface area contributed by atoms with Crippen molar-refractivity contribution in [2.75, 3.05) is 20.7 Å². The number of rotatable bonds is 7. The zero-order chi connectivity index (χ0) is 24.5. The summed E-state index contributed by atoms with van der Waals surface area (Å²) in [7, 11) is 3.49. The number of likely N-dealkylation sites (N-methyl/N-ethyl adjacent to an activating group) is 2. The van der Waals surface area contributed by atoms with Crippen LogP contribution in [0.15, 0.2) is 0 Å². The van der Waals surface area contributed by atoms with Crippen LogP contribution in [0.2, 0.25) is 0 Å². The summed E-state index contributed by atoms with van der Waals surface area (Å²) in [4.78, 5) is 0. The number of nitrogens with two attached hydrogens (primary N) is 3. The lowest BCUT2D eigenvalue weighted by Crippen LogP contribution is -2.68. The van der Waals surface area contributed by atoms with Crippen molar-refractivity contribution in [3.8, 4) is 0 Å². The van der Waals surface area contributed by atoms with Crippen LogP contribution in [0.3, 0.4) is 0 Å². The van der Waals surface area contributed by atoms with Crippen LogP contribution in [0.25, 0.3) is 0 Å². The second kappa shape index (κ2) is 11.1. The second-order valence-electron chi connectivity index (χ2n) is 9.91. The molecule has 33 heavy (non-hydrogen) atoms. The van der Waals surface area contributed by atoms with Gasteiger partial charge in [-0.1, -0.05) is 0 Å². The average Bonchev–Trinajstić information content (AvgIpc) is 2.76. The Kier molecular flexibility index (Phi) is 9.09. The standard InChI is InChI=1S/C21H43N5O7/c1-9(25-3)13-6-5-10(22)19(31-13)32-16-11(23)7-12(24)17(14(16)27)33-20-15(28)18(26-4)21(2,29)8-30-20/h9-20,25-29H,5-8,22-24H2,1-4H3/t9-,10-,11+,12-,13-,14+,15-,16-,17+,18-,19-,20+,21+/m1/s1. The van der Waals surface area contributed by atoms with Gasteiger partial charge < -0.3 is 62.1 Å². The number of aliphatic hydroxyl groups excluding tert-OH is 2. The molecule has 0 bridgehead atoms. The molecule has 0 aromatic rings. The molecule has 1 aliphatic carbocycles. The third kappa shape index (κ3) is 5.85. The van der Waals surface area contributed by atoms with Crippen molar-refractivity contribution in [1.29, 1.82) is 0 Å². The first kappa shape index (κ1) is 27.1. The molecule has 1 saturated carbocycles. The van der Waals surface area contributed by atoms with Crippen LogP contribution in [-0.4, -0.2) is 115 Å². The molecule has 194 valence electrons. The van der Waals surface area contributed by atoms with E-state index in [4.69, 9.17) is 36.1 Å². The van der Waals surface area contributed by atoms with Gasteiger partial charge in [0.15, 0.2) is 12.6 Å². The van der Waals surface area contributed by atoms with Crippen molar-refractivity contribution in [3.05, 3.63) is 0 Å². The van der Waals surface area contributed by atoms with Crippen molar-refractivity contribution in [3.63, 3.8) is 0 Å². The maximum Gasteiger partial charge on any atom is 0.185 e. The predicted molar refractivity (Wildman–Crippen MR) is 120 cm³/mol. The number of aliphatic hydroxyl groups is 3. The van der Waals surface area contributed by atoms with Gasteiger partial charge in [-0.3, -0.25) is 0 Å². The number of hydrogen-bond donors (Lipinski definition) is 8. The maximum atomic E-state index is 11.1. The Morgan fingerprint density at radius 2 is 1.58 bits per heavy atom. The van der Waals surface area contributed by atoms with Crippen LogP contribution in [0, 0.1) is 0 Å². The van der Waals surface area contributed by atoms with E-state index >= 15 is 0 Å². The molecule has 3 aliphatic rings. The Hall–Kier alpha value is -0.480. The quantitative estimate of drug-likeness (QED) is 0.182. The lowest BCUT2D eigenvalue weighted by molar-refractivity contribution is -0.307. The van der Waals surface area contributed by atoms with E-state index in [9.17, 15) is 15.3 Å². The first-order chi connectivity index (χ1) is 15.5. The van der Waals surface area contributed by atoms with Crippen LogP contribution >= 0.6 is 0 Å². The molecule has 2 heterocycles. The van der Waals surface area contributed by atoms with Gasteiger partial charge in [0.1, 0.15) is 30.0 Å². The first-order valence-electron chi connectivity index (χ1n) is 11.8. The Morgan fingerprint density at radius 3 is 2.15 bits per heavy atom. The Morgan fingerprint density at radius 1 is 0.970 bits per heavy atom. The predicted octanol–water partition coefficient (Wildman–Crippen LogP) is -3.33. The molecule has 0 amide bonds. The van der Waals surface area contributed by atoms with Crippen LogP contribution < -0.4 is 27.8 Å². The van der Waals surface area contributed by atoms with Crippen LogP contribution in [0.5, 0.6) is 0 Å². The summed E-state index contributed by atoms with van der Waals surface area (Å²) in [5.74, 6) is 0. The van der Waals surface area contributed by atoms with Crippen LogP contribution in [0.4, 0.5) is 0 Å². The van der Waals surface area contributed by atoms with Gasteiger partial charge >= 0.3 is 0 Å². The van der Waals surface area contributed by atoms with E-state index < -0.39 is 60.7 Å². The van der Waals surface area contributed by atoms with Gasteiger partial charge in [-0.2, -0.15) is 0 Å². The summed E-state index contributed by atoms with van der Waals surface area (Å²) in [6, 6.07) is -2.11. The van der Waals surface area contributed by atoms with Gasteiger partial charge in [0.05, 0.1) is 24.8 Å². The molecule has 2 aliphatic heterocycles. The molecule has 13 atom stereocenters. The highest BCUT2D eigenvalue weighted by molar-refractivity contribution is 5.02. The van der Waals surface area contributed by atoms with E-state index in [-0.39, 0.29) is 24.8 Å². The SMILES string of the molecule is CN[C@@H]1[C@@H](O)[C@H](O[C@@H]2[C@@H](O)[C@H](O[C@H]3O[C@@H]([C@@H](C)NC)CC[C@H]3N)[C@@H](N)C[C@H]2N)OC[C@]1(C)O. The van der Waals surface area contributed by atoms with Gasteiger partial charge in [0.2, 0.25) is 0 Å². The summed E-state index contributed by atoms with van der Waals surface area (Å²) < 4.78 is 23.7. The number of ether oxygens (including phenoxy) is 4. The second-order valence-corrected chi connectivity index (χ2v) is 9.91. The highest BCUT2D eigenvalue weighted by Gasteiger charge is 2.50. The van der Waals surface area contributed by atoms with E-state index in [2.05, 4.69) is 10.6 Å². The molecule has 2 saturated heterocycles. The molecule has 12 heteroatoms. The highest BCUT2D eigenvalue weighted by atomic mass is 16.7. The lowest BCUT2D eigenvalue weighted by atomic mass is 9.84.